The maximum Gasteiger partial charge on any atom is 0.240 e. The highest BCUT2D eigenvalue weighted by Gasteiger charge is 2.33. The molecule has 0 aromatic heterocycles. The van der Waals surface area contributed by atoms with Crippen molar-refractivity contribution in [1.29, 1.82) is 0 Å². The lowest BCUT2D eigenvalue weighted by atomic mass is 9.97. The van der Waals surface area contributed by atoms with Gasteiger partial charge in [0.2, 0.25) is 5.91 Å². The van der Waals surface area contributed by atoms with Crippen molar-refractivity contribution in [2.45, 2.75) is 19.4 Å². The number of hydrogen-bond acceptors (Lipinski definition) is 6. The summed E-state index contributed by atoms with van der Waals surface area (Å²) in [6.07, 6.45) is 0.553. The second-order valence-corrected chi connectivity index (χ2v) is 6.31. The quantitative estimate of drug-likeness (QED) is 0.763. The molecule has 1 aliphatic heterocycles. The largest absolute Gasteiger partial charge is 0.497 e. The first-order valence-electron chi connectivity index (χ1n) is 8.84. The Kier molecular flexibility index (Phi) is 5.73. The van der Waals surface area contributed by atoms with E-state index >= 15 is 0 Å². The monoisotopic (exact) mass is 384 g/mol. The molecule has 1 unspecified atom stereocenters. The van der Waals surface area contributed by atoms with Crippen molar-refractivity contribution in [1.82, 2.24) is 5.01 Å². The van der Waals surface area contributed by atoms with E-state index in [1.54, 1.807) is 34.5 Å². The average molecular weight is 384 g/mol. The van der Waals surface area contributed by atoms with Crippen LogP contribution in [0.15, 0.2) is 41.5 Å². The van der Waals surface area contributed by atoms with Gasteiger partial charge >= 0.3 is 0 Å². The summed E-state index contributed by atoms with van der Waals surface area (Å²) in [4.78, 5) is 12.3. The molecule has 1 heterocycles. The van der Waals surface area contributed by atoms with Crippen LogP contribution < -0.4 is 18.9 Å². The van der Waals surface area contributed by atoms with Crippen LogP contribution in [0.5, 0.6) is 23.0 Å². The predicted octanol–water partition coefficient (Wildman–Crippen LogP) is 3.42. The van der Waals surface area contributed by atoms with E-state index in [2.05, 4.69) is 5.10 Å². The van der Waals surface area contributed by atoms with Crippen LogP contribution >= 0.6 is 0 Å². The fourth-order valence-corrected chi connectivity index (χ4v) is 3.32. The molecule has 0 radical (unpaired) electrons. The van der Waals surface area contributed by atoms with Crippen molar-refractivity contribution in [2.24, 2.45) is 5.10 Å². The maximum absolute atomic E-state index is 12.3. The van der Waals surface area contributed by atoms with E-state index in [1.165, 1.54) is 11.9 Å². The molecule has 2 aromatic rings. The summed E-state index contributed by atoms with van der Waals surface area (Å²) in [5, 5.41) is 6.09. The van der Waals surface area contributed by atoms with E-state index in [9.17, 15) is 4.79 Å². The topological polar surface area (TPSA) is 69.6 Å². The summed E-state index contributed by atoms with van der Waals surface area (Å²) in [5.74, 6) is 2.45. The standard InChI is InChI=1S/C21H24N2O5/c1-13(24)23-18(14-6-9-19(26-3)21(10-14)28-5)12-17(22-23)16-8-7-15(25-2)11-20(16)27-4/h6-11,18H,12H2,1-5H3. The van der Waals surface area contributed by atoms with Gasteiger partial charge in [0.25, 0.3) is 0 Å². The number of carbonyl (C=O) groups is 1. The number of methoxy groups -OCH3 is 4. The van der Waals surface area contributed by atoms with E-state index in [0.717, 1.165) is 16.8 Å². The highest BCUT2D eigenvalue weighted by atomic mass is 16.5. The van der Waals surface area contributed by atoms with Gasteiger partial charge in [-0.3, -0.25) is 4.79 Å². The fourth-order valence-electron chi connectivity index (χ4n) is 3.32. The Balaban J connectivity index is 1.98. The van der Waals surface area contributed by atoms with Crippen LogP contribution in [0, 0.1) is 0 Å². The van der Waals surface area contributed by atoms with Gasteiger partial charge in [-0.15, -0.1) is 0 Å². The van der Waals surface area contributed by atoms with Gasteiger partial charge in [0.05, 0.1) is 40.2 Å². The van der Waals surface area contributed by atoms with E-state index < -0.39 is 0 Å². The normalized spacial score (nSPS) is 15.8. The zero-order valence-corrected chi connectivity index (χ0v) is 16.7. The molecule has 0 aliphatic carbocycles. The Labute approximate surface area is 164 Å². The summed E-state index contributed by atoms with van der Waals surface area (Å²) in [5.41, 5.74) is 2.52. The molecule has 7 heteroatoms. The maximum atomic E-state index is 12.3. The van der Waals surface area contributed by atoms with E-state index in [1.807, 2.05) is 30.3 Å². The molecule has 1 amide bonds. The molecule has 28 heavy (non-hydrogen) atoms. The van der Waals surface area contributed by atoms with Crippen molar-refractivity contribution in [2.75, 3.05) is 28.4 Å². The second kappa shape index (κ2) is 8.21. The molecule has 1 aliphatic rings. The van der Waals surface area contributed by atoms with Gasteiger partial charge in [-0.1, -0.05) is 6.07 Å². The molecule has 7 nitrogen and oxygen atoms in total. The van der Waals surface area contributed by atoms with Crippen molar-refractivity contribution in [3.63, 3.8) is 0 Å². The van der Waals surface area contributed by atoms with Crippen LogP contribution in [0.4, 0.5) is 0 Å². The first-order valence-corrected chi connectivity index (χ1v) is 8.84. The Morgan fingerprint density at radius 1 is 0.929 bits per heavy atom. The van der Waals surface area contributed by atoms with Crippen LogP contribution in [0.25, 0.3) is 0 Å². The van der Waals surface area contributed by atoms with Gasteiger partial charge < -0.3 is 18.9 Å². The number of nitrogens with zero attached hydrogens (tertiary/aromatic N) is 2. The summed E-state index contributed by atoms with van der Waals surface area (Å²) < 4.78 is 21.5. The lowest BCUT2D eigenvalue weighted by Gasteiger charge is -2.21. The van der Waals surface area contributed by atoms with Crippen molar-refractivity contribution in [3.8, 4) is 23.0 Å². The second-order valence-electron chi connectivity index (χ2n) is 6.31. The molecule has 0 N–H and O–H groups in total. The van der Waals surface area contributed by atoms with E-state index in [-0.39, 0.29) is 11.9 Å². The van der Waals surface area contributed by atoms with Crippen LogP contribution in [-0.4, -0.2) is 45.1 Å². The molecule has 3 rings (SSSR count). The Bertz CT molecular complexity index is 910. The summed E-state index contributed by atoms with van der Waals surface area (Å²) in [6.45, 7) is 1.51. The number of hydrogen-bond donors (Lipinski definition) is 0. The van der Waals surface area contributed by atoms with Crippen molar-refractivity contribution >= 4 is 11.6 Å². The summed E-state index contributed by atoms with van der Waals surface area (Å²) in [7, 11) is 6.38. The molecule has 1 atom stereocenters. The van der Waals surface area contributed by atoms with E-state index in [4.69, 9.17) is 18.9 Å². The van der Waals surface area contributed by atoms with Crippen LogP contribution in [0.3, 0.4) is 0 Å². The Morgan fingerprint density at radius 2 is 1.64 bits per heavy atom. The summed E-state index contributed by atoms with van der Waals surface area (Å²) >= 11 is 0. The van der Waals surface area contributed by atoms with Gasteiger partial charge in [-0.25, -0.2) is 5.01 Å². The highest BCUT2D eigenvalue weighted by Crippen LogP contribution is 2.39. The molecule has 2 aromatic carbocycles. The van der Waals surface area contributed by atoms with Gasteiger partial charge in [0.15, 0.2) is 11.5 Å². The lowest BCUT2D eigenvalue weighted by Crippen LogP contribution is -2.24. The molecular formula is C21H24N2O5. The third-order valence-corrected chi connectivity index (χ3v) is 4.74. The number of amides is 1. The SMILES string of the molecule is COc1ccc(C2=NN(C(C)=O)C(c3ccc(OC)c(OC)c3)C2)c(OC)c1. The number of rotatable bonds is 6. The molecule has 0 saturated heterocycles. The molecule has 0 bridgehead atoms. The Morgan fingerprint density at radius 3 is 2.25 bits per heavy atom. The number of ether oxygens (including phenoxy) is 4. The molecule has 0 spiro atoms. The third-order valence-electron chi connectivity index (χ3n) is 4.74. The first kappa shape index (κ1) is 19.5. The molecule has 148 valence electrons. The molecule has 0 saturated carbocycles. The van der Waals surface area contributed by atoms with Gasteiger partial charge in [-0.05, 0) is 29.8 Å². The van der Waals surface area contributed by atoms with Gasteiger partial charge in [0.1, 0.15) is 11.5 Å². The van der Waals surface area contributed by atoms with Crippen molar-refractivity contribution in [3.05, 3.63) is 47.5 Å². The first-order chi connectivity index (χ1) is 13.5. The van der Waals surface area contributed by atoms with E-state index in [0.29, 0.717) is 29.4 Å². The smallest absolute Gasteiger partial charge is 0.240 e. The Hall–Kier alpha value is -3.22. The zero-order chi connectivity index (χ0) is 20.3. The van der Waals surface area contributed by atoms with Gasteiger partial charge in [-0.2, -0.15) is 5.10 Å². The zero-order valence-electron chi connectivity index (χ0n) is 16.7. The minimum atomic E-state index is -0.237. The number of carbonyl (C=O) groups excluding carboxylic acids is 1. The van der Waals surface area contributed by atoms with Crippen LogP contribution in [0.1, 0.15) is 30.5 Å². The predicted molar refractivity (Wildman–Crippen MR) is 106 cm³/mol. The summed E-state index contributed by atoms with van der Waals surface area (Å²) in [6, 6.07) is 10.9. The fraction of sp³-hybridized carbons (Fsp3) is 0.333. The minimum absolute atomic E-state index is 0.137. The number of benzene rings is 2. The molecular weight excluding hydrogens is 360 g/mol. The lowest BCUT2D eigenvalue weighted by molar-refractivity contribution is -0.130. The van der Waals surface area contributed by atoms with Crippen molar-refractivity contribution < 1.29 is 23.7 Å². The molecule has 0 fully saturated rings. The number of hydrazone groups is 1. The van der Waals surface area contributed by atoms with Crippen LogP contribution in [-0.2, 0) is 4.79 Å². The van der Waals surface area contributed by atoms with Gasteiger partial charge in [0, 0.05) is 25.0 Å². The minimum Gasteiger partial charge on any atom is -0.497 e. The highest BCUT2D eigenvalue weighted by molar-refractivity contribution is 6.05. The average Bonchev–Trinajstić information content (AvgIpc) is 3.18. The van der Waals surface area contributed by atoms with Crippen LogP contribution in [0.2, 0.25) is 0 Å². The third kappa shape index (κ3) is 3.60.